The fourth-order valence-electron chi connectivity index (χ4n) is 0.354. The molecule has 42 valence electrons. The highest BCUT2D eigenvalue weighted by Gasteiger charge is 1.98. The van der Waals surface area contributed by atoms with Gasteiger partial charge >= 0.3 is 0 Å². The highest BCUT2D eigenvalue weighted by atomic mass is 32.3. The molecule has 2 radical (unpaired) electrons. The molecule has 0 aromatic heterocycles. The summed E-state index contributed by atoms with van der Waals surface area (Å²) in [5.74, 6) is 1.20. The van der Waals surface area contributed by atoms with Gasteiger partial charge in [-0.2, -0.15) is 0 Å². The minimum Gasteiger partial charge on any atom is -0.250 e. The summed E-state index contributed by atoms with van der Waals surface area (Å²) in [6.45, 7) is 0. The molecule has 0 N–H and O–H groups in total. The van der Waals surface area contributed by atoms with Crippen molar-refractivity contribution < 1.29 is 0 Å². The standard InChI is InChI=1S/C5H13BS/c1-7(2,3)5-4-6/h4-5H2,1-3H3. The van der Waals surface area contributed by atoms with Crippen molar-refractivity contribution in [2.45, 2.75) is 6.32 Å². The maximum atomic E-state index is 5.34. The summed E-state index contributed by atoms with van der Waals surface area (Å²) in [6, 6.07) is 0. The van der Waals surface area contributed by atoms with Crippen LogP contribution in [0, 0.1) is 0 Å². The molecule has 7 heavy (non-hydrogen) atoms. The Bertz CT molecular complexity index is 46.5. The van der Waals surface area contributed by atoms with Gasteiger partial charge in [-0.05, 0) is 24.5 Å². The van der Waals surface area contributed by atoms with Gasteiger partial charge < -0.3 is 0 Å². The van der Waals surface area contributed by atoms with Crippen molar-refractivity contribution in [3.8, 4) is 0 Å². The van der Waals surface area contributed by atoms with Crippen LogP contribution in [-0.2, 0) is 0 Å². The van der Waals surface area contributed by atoms with Crippen LogP contribution >= 0.6 is 10.0 Å². The van der Waals surface area contributed by atoms with Crippen molar-refractivity contribution in [2.24, 2.45) is 0 Å². The Morgan fingerprint density at radius 1 is 1.29 bits per heavy atom. The number of hydrogen-bond acceptors (Lipinski definition) is 0. The van der Waals surface area contributed by atoms with E-state index in [1.165, 1.54) is 5.75 Å². The summed E-state index contributed by atoms with van der Waals surface area (Å²) in [4.78, 5) is 0. The fraction of sp³-hybridized carbons (Fsp3) is 1.00. The van der Waals surface area contributed by atoms with Crippen molar-refractivity contribution in [1.82, 2.24) is 0 Å². The largest absolute Gasteiger partial charge is 0.250 e. The predicted octanol–water partition coefficient (Wildman–Crippen LogP) is 1.27. The molecule has 0 aliphatic rings. The normalized spacial score (nSPS) is 14.1. The highest BCUT2D eigenvalue weighted by molar-refractivity contribution is 8.32. The van der Waals surface area contributed by atoms with E-state index in [0.717, 1.165) is 6.32 Å². The van der Waals surface area contributed by atoms with Gasteiger partial charge in [-0.15, -0.1) is 0 Å². The van der Waals surface area contributed by atoms with Gasteiger partial charge in [0.1, 0.15) is 0 Å². The second-order valence-corrected chi connectivity index (χ2v) is 7.17. The molecule has 2 heteroatoms. The SMILES string of the molecule is [B]CCS(C)(C)C. The third-order valence-corrected chi connectivity index (χ3v) is 2.19. The van der Waals surface area contributed by atoms with Crippen molar-refractivity contribution in [2.75, 3.05) is 24.5 Å². The summed E-state index contributed by atoms with van der Waals surface area (Å²) < 4.78 is 0. The lowest BCUT2D eigenvalue weighted by Gasteiger charge is -2.23. The molecule has 0 spiro atoms. The summed E-state index contributed by atoms with van der Waals surface area (Å²) in [7, 11) is 5.04. The molecule has 0 unspecified atom stereocenters. The van der Waals surface area contributed by atoms with E-state index < -0.39 is 0 Å². The van der Waals surface area contributed by atoms with Gasteiger partial charge in [-0.3, -0.25) is 10.0 Å². The van der Waals surface area contributed by atoms with E-state index in [0.29, 0.717) is 0 Å². The van der Waals surface area contributed by atoms with E-state index in [-0.39, 0.29) is 10.0 Å². The second-order valence-electron chi connectivity index (χ2n) is 2.58. The highest BCUT2D eigenvalue weighted by Crippen LogP contribution is 2.34. The lowest BCUT2D eigenvalue weighted by atomic mass is 10.1. The Morgan fingerprint density at radius 3 is 1.71 bits per heavy atom. The molecule has 0 aliphatic heterocycles. The monoisotopic (exact) mass is 116 g/mol. The van der Waals surface area contributed by atoms with Crippen molar-refractivity contribution >= 4 is 17.9 Å². The van der Waals surface area contributed by atoms with E-state index >= 15 is 0 Å². The zero-order chi connectivity index (χ0) is 5.91. The van der Waals surface area contributed by atoms with Crippen LogP contribution in [0.5, 0.6) is 0 Å². The van der Waals surface area contributed by atoms with E-state index in [4.69, 9.17) is 7.85 Å². The third kappa shape index (κ3) is 6.41. The Kier molecular flexibility index (Phi) is 2.81. The fourth-order valence-corrected chi connectivity index (χ4v) is 1.06. The van der Waals surface area contributed by atoms with Crippen LogP contribution in [0.2, 0.25) is 6.32 Å². The van der Waals surface area contributed by atoms with Crippen LogP contribution in [-0.4, -0.2) is 32.4 Å². The van der Waals surface area contributed by atoms with E-state index in [2.05, 4.69) is 18.8 Å². The minimum absolute atomic E-state index is 0.299. The molecule has 0 rings (SSSR count). The van der Waals surface area contributed by atoms with Crippen LogP contribution in [0.3, 0.4) is 0 Å². The predicted molar refractivity (Wildman–Crippen MR) is 40.8 cm³/mol. The Labute approximate surface area is 49.4 Å². The van der Waals surface area contributed by atoms with E-state index in [9.17, 15) is 0 Å². The van der Waals surface area contributed by atoms with Crippen molar-refractivity contribution in [3.05, 3.63) is 0 Å². The molecule has 0 aromatic rings. The lowest BCUT2D eigenvalue weighted by Crippen LogP contribution is -1.96. The molecule has 0 aliphatic carbocycles. The molecular weight excluding hydrogens is 103 g/mol. The first kappa shape index (κ1) is 7.41. The van der Waals surface area contributed by atoms with E-state index in [1.807, 2.05) is 0 Å². The van der Waals surface area contributed by atoms with Crippen LogP contribution in [0.25, 0.3) is 0 Å². The van der Waals surface area contributed by atoms with Crippen LogP contribution in [0.4, 0.5) is 0 Å². The first-order chi connectivity index (χ1) is 3.06. The minimum atomic E-state index is -0.299. The van der Waals surface area contributed by atoms with Crippen LogP contribution < -0.4 is 0 Å². The van der Waals surface area contributed by atoms with Crippen molar-refractivity contribution in [3.63, 3.8) is 0 Å². The summed E-state index contributed by atoms with van der Waals surface area (Å²) in [5.41, 5.74) is 0. The van der Waals surface area contributed by atoms with E-state index in [1.54, 1.807) is 0 Å². The molecule has 0 aromatic carbocycles. The van der Waals surface area contributed by atoms with Crippen LogP contribution in [0.15, 0.2) is 0 Å². The molecular formula is C5H13BS. The quantitative estimate of drug-likeness (QED) is 0.476. The second kappa shape index (κ2) is 2.66. The Morgan fingerprint density at radius 2 is 1.71 bits per heavy atom. The molecule has 0 bridgehead atoms. The van der Waals surface area contributed by atoms with Gasteiger partial charge in [-0.25, -0.2) is 0 Å². The summed E-state index contributed by atoms with van der Waals surface area (Å²) in [5, 5.41) is 0. The zero-order valence-electron chi connectivity index (χ0n) is 5.40. The molecule has 0 saturated carbocycles. The molecule has 0 fully saturated rings. The van der Waals surface area contributed by atoms with Crippen LogP contribution in [0.1, 0.15) is 0 Å². The number of rotatable bonds is 2. The first-order valence-electron chi connectivity index (χ1n) is 2.42. The average Bonchev–Trinajstić information content (AvgIpc) is 1.30. The maximum Gasteiger partial charge on any atom is 0.0663 e. The lowest BCUT2D eigenvalue weighted by molar-refractivity contribution is 1.47. The van der Waals surface area contributed by atoms with Crippen molar-refractivity contribution in [1.29, 1.82) is 0 Å². The van der Waals surface area contributed by atoms with Gasteiger partial charge in [0.05, 0.1) is 7.85 Å². The number of hydrogen-bond donors (Lipinski definition) is 0. The molecule has 0 saturated heterocycles. The third-order valence-electron chi connectivity index (χ3n) is 0.730. The smallest absolute Gasteiger partial charge is 0.0663 e. The molecule has 0 heterocycles. The summed E-state index contributed by atoms with van der Waals surface area (Å²) >= 11 is 0. The first-order valence-corrected chi connectivity index (χ1v) is 5.45. The topological polar surface area (TPSA) is 0 Å². The summed E-state index contributed by atoms with van der Waals surface area (Å²) in [6.07, 6.45) is 7.68. The Hall–Kier alpha value is 0.415. The van der Waals surface area contributed by atoms with Gasteiger partial charge in [-0.1, -0.05) is 6.32 Å². The van der Waals surface area contributed by atoms with Gasteiger partial charge in [0.25, 0.3) is 0 Å². The average molecular weight is 116 g/mol. The molecule has 0 nitrogen and oxygen atoms in total. The van der Waals surface area contributed by atoms with Gasteiger partial charge in [0.2, 0.25) is 0 Å². The molecule has 0 amide bonds. The zero-order valence-corrected chi connectivity index (χ0v) is 6.22. The maximum absolute atomic E-state index is 5.34. The Balaban J connectivity index is 3.15. The van der Waals surface area contributed by atoms with Gasteiger partial charge in [0, 0.05) is 0 Å². The molecule has 0 atom stereocenters. The van der Waals surface area contributed by atoms with Gasteiger partial charge in [0.15, 0.2) is 0 Å².